The van der Waals surface area contributed by atoms with Gasteiger partial charge in [0.15, 0.2) is 0 Å². The van der Waals surface area contributed by atoms with Crippen LogP contribution in [0.25, 0.3) is 0 Å². The molecule has 0 fully saturated rings. The molecule has 5 nitrogen and oxygen atoms in total. The Balaban J connectivity index is 1.74. The van der Waals surface area contributed by atoms with Gasteiger partial charge >= 0.3 is 0 Å². The molecule has 134 valence electrons. The van der Waals surface area contributed by atoms with Gasteiger partial charge in [-0.05, 0) is 29.7 Å². The summed E-state index contributed by atoms with van der Waals surface area (Å²) in [4.78, 5) is 13.0. The first-order valence-corrected chi connectivity index (χ1v) is 9.52. The highest BCUT2D eigenvalue weighted by atomic mass is 79.9. The molecule has 1 amide bonds. The topological polar surface area (TPSA) is 56.4 Å². The molecular weight excluding hydrogens is 392 g/mol. The maximum Gasteiger partial charge on any atom is 0.257 e. The molecule has 2 heterocycles. The van der Waals surface area contributed by atoms with Crippen LogP contribution in [0.3, 0.4) is 0 Å². The lowest BCUT2D eigenvalue weighted by molar-refractivity contribution is -0.113. The summed E-state index contributed by atoms with van der Waals surface area (Å²) in [6, 6.07) is 16.1. The van der Waals surface area contributed by atoms with E-state index in [1.165, 1.54) is 5.56 Å². The van der Waals surface area contributed by atoms with Crippen molar-refractivity contribution in [1.29, 1.82) is 0 Å². The lowest BCUT2D eigenvalue weighted by Crippen LogP contribution is -2.41. The maximum atomic E-state index is 13.0. The second kappa shape index (κ2) is 6.78. The fraction of sp³-hybridized carbons (Fsp3) is 0.250. The zero-order chi connectivity index (χ0) is 18.3. The van der Waals surface area contributed by atoms with Gasteiger partial charge in [0.25, 0.3) is 5.91 Å². The Hall–Kier alpha value is -2.31. The summed E-state index contributed by atoms with van der Waals surface area (Å²) in [5, 5.41) is 8.57. The summed E-state index contributed by atoms with van der Waals surface area (Å²) in [5.74, 6) is 1.04. The minimum atomic E-state index is -0.0638. The Bertz CT molecular complexity index is 879. The van der Waals surface area contributed by atoms with Crippen LogP contribution in [-0.2, 0) is 11.3 Å². The van der Waals surface area contributed by atoms with Crippen LogP contribution < -0.4 is 16.1 Å². The van der Waals surface area contributed by atoms with Crippen molar-refractivity contribution in [3.05, 3.63) is 70.0 Å². The smallest absolute Gasteiger partial charge is 0.257 e. The number of nitrogens with zero attached hydrogens (tertiary/aromatic N) is 1. The van der Waals surface area contributed by atoms with E-state index in [0.717, 1.165) is 27.2 Å². The molecule has 3 N–H and O–H groups in total. The maximum absolute atomic E-state index is 13.0. The molecule has 0 saturated carbocycles. The summed E-state index contributed by atoms with van der Waals surface area (Å²) < 4.78 is 0.931. The van der Waals surface area contributed by atoms with Gasteiger partial charge in [0.2, 0.25) is 0 Å². The molecule has 0 aromatic heterocycles. The van der Waals surface area contributed by atoms with Gasteiger partial charge in [0.1, 0.15) is 5.82 Å². The number of anilines is 2. The Kier molecular flexibility index (Phi) is 4.46. The molecule has 1 atom stereocenters. The quantitative estimate of drug-likeness (QED) is 0.710. The molecule has 0 saturated heterocycles. The van der Waals surface area contributed by atoms with E-state index in [9.17, 15) is 4.79 Å². The van der Waals surface area contributed by atoms with Crippen LogP contribution in [-0.4, -0.2) is 17.0 Å². The van der Waals surface area contributed by atoms with E-state index < -0.39 is 0 Å². The third-order valence-electron chi connectivity index (χ3n) is 4.71. The number of hydrogen-bond donors (Lipinski definition) is 3. The number of benzene rings is 2. The normalized spacial score (nSPS) is 19.0. The number of hydrazine groups is 1. The highest BCUT2D eigenvalue weighted by molar-refractivity contribution is 9.10. The van der Waals surface area contributed by atoms with Gasteiger partial charge in [0.05, 0.1) is 29.5 Å². The molecule has 0 bridgehead atoms. The molecular formula is C20H21BrN4O. The third kappa shape index (κ3) is 3.10. The molecule has 0 spiro atoms. The lowest BCUT2D eigenvalue weighted by atomic mass is 9.97. The molecule has 2 aromatic carbocycles. The van der Waals surface area contributed by atoms with Gasteiger partial charge in [-0.25, -0.2) is 5.43 Å². The largest absolute Gasteiger partial charge is 0.339 e. The summed E-state index contributed by atoms with van der Waals surface area (Å²) in [6.45, 7) is 4.92. The van der Waals surface area contributed by atoms with Gasteiger partial charge in [0, 0.05) is 4.47 Å². The second-order valence-electron chi connectivity index (χ2n) is 6.95. The van der Waals surface area contributed by atoms with Crippen molar-refractivity contribution in [2.75, 3.05) is 10.6 Å². The van der Waals surface area contributed by atoms with Crippen LogP contribution in [0.2, 0.25) is 0 Å². The Morgan fingerprint density at radius 3 is 2.58 bits per heavy atom. The van der Waals surface area contributed by atoms with Crippen LogP contribution in [0.15, 0.2) is 64.4 Å². The molecule has 2 aliphatic rings. The predicted molar refractivity (Wildman–Crippen MR) is 107 cm³/mol. The van der Waals surface area contributed by atoms with E-state index >= 15 is 0 Å². The van der Waals surface area contributed by atoms with Crippen molar-refractivity contribution < 1.29 is 4.79 Å². The van der Waals surface area contributed by atoms with Crippen LogP contribution in [0.5, 0.6) is 0 Å². The highest BCUT2D eigenvalue weighted by Gasteiger charge is 2.39. The van der Waals surface area contributed by atoms with Crippen molar-refractivity contribution >= 4 is 33.2 Å². The Labute approximate surface area is 161 Å². The molecule has 0 aliphatic carbocycles. The van der Waals surface area contributed by atoms with Gasteiger partial charge < -0.3 is 10.6 Å². The number of fused-ring (bicyclic) bond motifs is 1. The van der Waals surface area contributed by atoms with Crippen LogP contribution in [0.4, 0.5) is 11.4 Å². The van der Waals surface area contributed by atoms with Crippen molar-refractivity contribution in [1.82, 2.24) is 10.4 Å². The number of nitrogens with one attached hydrogen (secondary N) is 3. The van der Waals surface area contributed by atoms with Gasteiger partial charge in [-0.3, -0.25) is 9.80 Å². The monoisotopic (exact) mass is 412 g/mol. The number of carbonyl (C=O) groups excluding carboxylic acids is 1. The van der Waals surface area contributed by atoms with E-state index in [0.29, 0.717) is 6.54 Å². The van der Waals surface area contributed by atoms with Crippen molar-refractivity contribution in [3.8, 4) is 0 Å². The number of amides is 1. The van der Waals surface area contributed by atoms with Crippen molar-refractivity contribution in [2.24, 2.45) is 5.92 Å². The average molecular weight is 413 g/mol. The summed E-state index contributed by atoms with van der Waals surface area (Å²) in [6.07, 6.45) is 0. The fourth-order valence-corrected chi connectivity index (χ4v) is 3.75. The molecule has 6 heteroatoms. The number of carbonyl (C=O) groups is 1. The van der Waals surface area contributed by atoms with Crippen LogP contribution in [0.1, 0.15) is 19.4 Å². The Morgan fingerprint density at radius 2 is 1.85 bits per heavy atom. The first-order valence-electron chi connectivity index (χ1n) is 8.72. The first kappa shape index (κ1) is 17.1. The highest BCUT2D eigenvalue weighted by Crippen LogP contribution is 2.36. The van der Waals surface area contributed by atoms with Crippen LogP contribution >= 0.6 is 15.9 Å². The standard InChI is InChI=1S/C20H21BrN4O/c1-12(2)18-17-19(25(24-18)11-13-6-4-3-5-7-13)22-15-9-8-14(21)10-16(15)23-20(17)26/h3-10,12,18,22,24H,11H2,1-2H3,(H,23,26). The SMILES string of the molecule is CC(C)C1NN(Cc2ccccc2)C2=C1C(=O)Nc1cc(Br)ccc1N2. The lowest BCUT2D eigenvalue weighted by Gasteiger charge is -2.26. The summed E-state index contributed by atoms with van der Waals surface area (Å²) in [5.41, 5.74) is 7.10. The summed E-state index contributed by atoms with van der Waals surface area (Å²) in [7, 11) is 0. The van der Waals surface area contributed by atoms with E-state index in [-0.39, 0.29) is 17.9 Å². The fourth-order valence-electron chi connectivity index (χ4n) is 3.39. The van der Waals surface area contributed by atoms with Gasteiger partial charge in [-0.15, -0.1) is 0 Å². The molecule has 0 radical (unpaired) electrons. The van der Waals surface area contributed by atoms with Crippen molar-refractivity contribution in [2.45, 2.75) is 26.4 Å². The number of rotatable bonds is 3. The molecule has 2 aromatic rings. The number of hydrogen-bond acceptors (Lipinski definition) is 4. The number of halogens is 1. The average Bonchev–Trinajstić information content (AvgIpc) is 2.89. The third-order valence-corrected chi connectivity index (χ3v) is 5.20. The van der Waals surface area contributed by atoms with E-state index in [1.807, 2.05) is 41.4 Å². The predicted octanol–water partition coefficient (Wildman–Crippen LogP) is 4.07. The minimum absolute atomic E-state index is 0.0426. The molecule has 4 rings (SSSR count). The van der Waals surface area contributed by atoms with Crippen molar-refractivity contribution in [3.63, 3.8) is 0 Å². The molecule has 26 heavy (non-hydrogen) atoms. The Morgan fingerprint density at radius 1 is 1.08 bits per heavy atom. The minimum Gasteiger partial charge on any atom is -0.339 e. The van der Waals surface area contributed by atoms with Gasteiger partial charge in [-0.1, -0.05) is 60.1 Å². The molecule has 1 unspecified atom stereocenters. The second-order valence-corrected chi connectivity index (χ2v) is 7.87. The van der Waals surface area contributed by atoms with E-state index in [4.69, 9.17) is 0 Å². The van der Waals surface area contributed by atoms with Gasteiger partial charge in [-0.2, -0.15) is 0 Å². The molecule has 2 aliphatic heterocycles. The van der Waals surface area contributed by atoms with E-state index in [1.54, 1.807) is 0 Å². The van der Waals surface area contributed by atoms with Crippen LogP contribution in [0, 0.1) is 5.92 Å². The zero-order valence-corrected chi connectivity index (χ0v) is 16.3. The first-order chi connectivity index (χ1) is 12.5. The zero-order valence-electron chi connectivity index (χ0n) is 14.7. The summed E-state index contributed by atoms with van der Waals surface area (Å²) >= 11 is 3.47. The van der Waals surface area contributed by atoms with E-state index in [2.05, 4.69) is 58.0 Å².